The third-order valence-corrected chi connectivity index (χ3v) is 8.19. The van der Waals surface area contributed by atoms with E-state index < -0.39 is 11.8 Å². The number of carboxylic acids is 1. The van der Waals surface area contributed by atoms with E-state index in [0.717, 1.165) is 48.7 Å². The fourth-order valence-corrected chi connectivity index (χ4v) is 5.92. The van der Waals surface area contributed by atoms with Crippen LogP contribution in [0, 0.1) is 17.1 Å². The van der Waals surface area contributed by atoms with Crippen molar-refractivity contribution in [3.8, 4) is 11.9 Å². The number of imidazole rings is 1. The van der Waals surface area contributed by atoms with Gasteiger partial charge in [-0.2, -0.15) is 10.2 Å². The van der Waals surface area contributed by atoms with Crippen LogP contribution in [-0.2, 0) is 24.4 Å². The maximum Gasteiger partial charge on any atom is 0.335 e. The van der Waals surface area contributed by atoms with Crippen LogP contribution in [0.4, 0.5) is 10.2 Å². The van der Waals surface area contributed by atoms with Gasteiger partial charge in [0, 0.05) is 37.2 Å². The smallest absolute Gasteiger partial charge is 0.335 e. The molecule has 2 unspecified atom stereocenters. The Labute approximate surface area is 235 Å². The van der Waals surface area contributed by atoms with Gasteiger partial charge in [-0.15, -0.1) is 0 Å². The molecule has 8 rings (SSSR count). The Morgan fingerprint density at radius 3 is 2.83 bits per heavy atom. The molecule has 4 fully saturated rings. The number of hydrogen-bond acceptors (Lipinski definition) is 8. The largest absolute Gasteiger partial charge is 0.478 e. The third kappa shape index (κ3) is 4.65. The molecule has 11 heteroatoms. The van der Waals surface area contributed by atoms with Gasteiger partial charge >= 0.3 is 5.97 Å². The zero-order valence-corrected chi connectivity index (χ0v) is 22.1. The Morgan fingerprint density at radius 2 is 2.07 bits per heavy atom. The molecule has 0 saturated carbocycles. The van der Waals surface area contributed by atoms with Crippen molar-refractivity contribution in [1.29, 1.82) is 5.26 Å². The van der Waals surface area contributed by atoms with Crippen molar-refractivity contribution in [2.24, 2.45) is 0 Å². The molecular formula is C30H27FN6O4. The molecule has 208 valence electrons. The molecule has 41 heavy (non-hydrogen) atoms. The molecule has 4 aliphatic heterocycles. The maximum absolute atomic E-state index is 14.3. The lowest BCUT2D eigenvalue weighted by Gasteiger charge is -2.42. The fourth-order valence-electron chi connectivity index (χ4n) is 5.92. The molecular weight excluding hydrogens is 527 g/mol. The number of carboxylic acid groups (broad SMARTS) is 1. The number of anilines is 1. The number of fused-ring (bicyclic) bond motifs is 2. The van der Waals surface area contributed by atoms with E-state index >= 15 is 0 Å². The van der Waals surface area contributed by atoms with Crippen molar-refractivity contribution in [3.63, 3.8) is 0 Å². The molecule has 3 atom stereocenters. The van der Waals surface area contributed by atoms with Crippen LogP contribution in [0.1, 0.15) is 40.2 Å². The second kappa shape index (κ2) is 10.1. The molecule has 0 spiro atoms. The van der Waals surface area contributed by atoms with Crippen LogP contribution in [0.25, 0.3) is 11.0 Å². The third-order valence-electron chi connectivity index (χ3n) is 8.19. The summed E-state index contributed by atoms with van der Waals surface area (Å²) in [5, 5.41) is 18.5. The van der Waals surface area contributed by atoms with Gasteiger partial charge in [0.05, 0.1) is 53.6 Å². The molecule has 4 aliphatic rings. The topological polar surface area (TPSA) is 117 Å². The number of halogens is 1. The number of nitriles is 1. The summed E-state index contributed by atoms with van der Waals surface area (Å²) in [7, 11) is 0. The minimum absolute atomic E-state index is 0.0114. The first kappa shape index (κ1) is 25.4. The van der Waals surface area contributed by atoms with Crippen LogP contribution in [-0.4, -0.2) is 62.0 Å². The summed E-state index contributed by atoms with van der Waals surface area (Å²) in [5.41, 5.74) is 2.45. The quantitative estimate of drug-likeness (QED) is 0.328. The molecule has 2 aromatic heterocycles. The van der Waals surface area contributed by atoms with E-state index in [1.54, 1.807) is 36.4 Å². The highest BCUT2D eigenvalue weighted by molar-refractivity contribution is 5.92. The van der Waals surface area contributed by atoms with E-state index in [9.17, 15) is 14.3 Å². The van der Waals surface area contributed by atoms with Crippen molar-refractivity contribution in [3.05, 3.63) is 82.9 Å². The number of aromatic carboxylic acids is 1. The van der Waals surface area contributed by atoms with Crippen LogP contribution < -0.4 is 9.64 Å². The minimum atomic E-state index is -0.960. The molecule has 1 N–H and O–H groups in total. The molecule has 6 heterocycles. The Kier molecular flexibility index (Phi) is 6.29. The lowest BCUT2D eigenvalue weighted by molar-refractivity contribution is -0.0592. The molecule has 0 amide bonds. The number of aromatic nitrogens is 3. The van der Waals surface area contributed by atoms with Crippen molar-refractivity contribution in [1.82, 2.24) is 19.4 Å². The van der Waals surface area contributed by atoms with E-state index in [0.29, 0.717) is 30.6 Å². The fraction of sp³-hybridized carbons (Fsp3) is 0.333. The highest BCUT2D eigenvalue weighted by Gasteiger charge is 2.51. The van der Waals surface area contributed by atoms with Crippen LogP contribution >= 0.6 is 0 Å². The predicted octanol–water partition coefficient (Wildman–Crippen LogP) is 3.93. The SMILES string of the molecule is N#Cc1ccc(COc2cccc(N3C4CC3N(Cc3nc5ccc(C(=O)O)cc5n3C[C@@H]3CCO3)C4)n2)c(F)c1. The first-order valence-corrected chi connectivity index (χ1v) is 13.6. The summed E-state index contributed by atoms with van der Waals surface area (Å²) < 4.78 is 27.9. The first-order valence-electron chi connectivity index (χ1n) is 13.6. The average molecular weight is 555 g/mol. The molecule has 0 aliphatic carbocycles. The number of carbonyl (C=O) groups is 1. The van der Waals surface area contributed by atoms with Gasteiger partial charge in [0.15, 0.2) is 0 Å². The molecule has 2 bridgehead atoms. The normalized spacial score (nSPS) is 21.4. The van der Waals surface area contributed by atoms with Crippen LogP contribution in [0.2, 0.25) is 0 Å². The Bertz CT molecular complexity index is 1700. The molecule has 10 nitrogen and oxygen atoms in total. The van der Waals surface area contributed by atoms with Gasteiger partial charge in [0.2, 0.25) is 5.88 Å². The first-order chi connectivity index (χ1) is 20.0. The van der Waals surface area contributed by atoms with Crippen LogP contribution in [0.5, 0.6) is 5.88 Å². The Morgan fingerprint density at radius 1 is 1.20 bits per heavy atom. The standard InChI is InChI=1S/C30H27FN6O4/c31-23-10-18(13-32)4-5-20(23)17-41-28-3-1-2-26(34-28)37-21-12-29(37)35(14-21)16-27-33-24-7-6-19(30(38)39)11-25(24)36(27)15-22-8-9-40-22/h1-7,10-11,21-22,29H,8-9,12,14-17H2,(H,38,39)/t21?,22-,29?/m0/s1. The summed E-state index contributed by atoms with van der Waals surface area (Å²) in [6.07, 6.45) is 2.25. The zero-order valence-electron chi connectivity index (χ0n) is 22.1. The summed E-state index contributed by atoms with van der Waals surface area (Å²) in [5.74, 6) is 0.651. The van der Waals surface area contributed by atoms with Crippen molar-refractivity contribution in [2.45, 2.75) is 50.8 Å². The lowest BCUT2D eigenvalue weighted by Crippen LogP contribution is -2.52. The summed E-state index contributed by atoms with van der Waals surface area (Å²) in [6.45, 7) is 2.88. The van der Waals surface area contributed by atoms with Gasteiger partial charge in [-0.3, -0.25) is 4.90 Å². The summed E-state index contributed by atoms with van der Waals surface area (Å²) in [6, 6.07) is 17.2. The van der Waals surface area contributed by atoms with Gasteiger partial charge in [0.25, 0.3) is 0 Å². The van der Waals surface area contributed by atoms with E-state index in [-0.39, 0.29) is 30.0 Å². The monoisotopic (exact) mass is 554 g/mol. The summed E-state index contributed by atoms with van der Waals surface area (Å²) >= 11 is 0. The van der Waals surface area contributed by atoms with E-state index in [4.69, 9.17) is 24.7 Å². The second-order valence-electron chi connectivity index (χ2n) is 10.7. The molecule has 2 aromatic carbocycles. The minimum Gasteiger partial charge on any atom is -0.478 e. The van der Waals surface area contributed by atoms with Gasteiger partial charge in [0.1, 0.15) is 24.1 Å². The van der Waals surface area contributed by atoms with Gasteiger partial charge in [-0.25, -0.2) is 14.2 Å². The van der Waals surface area contributed by atoms with E-state index in [1.807, 2.05) is 18.2 Å². The number of nitrogens with zero attached hydrogens (tertiary/aromatic N) is 6. The molecule has 0 radical (unpaired) electrons. The zero-order chi connectivity index (χ0) is 28.1. The predicted molar refractivity (Wildman–Crippen MR) is 146 cm³/mol. The highest BCUT2D eigenvalue weighted by Crippen LogP contribution is 2.41. The van der Waals surface area contributed by atoms with Crippen molar-refractivity contribution >= 4 is 22.8 Å². The maximum atomic E-state index is 14.3. The molecule has 4 aromatic rings. The number of rotatable bonds is 9. The number of hydrogen-bond donors (Lipinski definition) is 1. The Balaban J connectivity index is 1.08. The molecule has 4 saturated heterocycles. The van der Waals surface area contributed by atoms with Gasteiger partial charge in [-0.1, -0.05) is 12.1 Å². The van der Waals surface area contributed by atoms with Crippen LogP contribution in [0.3, 0.4) is 0 Å². The van der Waals surface area contributed by atoms with Crippen molar-refractivity contribution in [2.75, 3.05) is 18.1 Å². The number of ether oxygens (including phenoxy) is 2. The lowest BCUT2D eigenvalue weighted by atomic mass is 10.1. The highest BCUT2D eigenvalue weighted by atomic mass is 19.1. The van der Waals surface area contributed by atoms with Crippen LogP contribution in [0.15, 0.2) is 54.6 Å². The van der Waals surface area contributed by atoms with E-state index in [1.165, 1.54) is 6.07 Å². The second-order valence-corrected chi connectivity index (χ2v) is 10.7. The number of pyridine rings is 1. The van der Waals surface area contributed by atoms with Gasteiger partial charge in [-0.05, 0) is 42.8 Å². The Hall–Kier alpha value is -4.53. The van der Waals surface area contributed by atoms with Crippen molar-refractivity contribution < 1.29 is 23.8 Å². The summed E-state index contributed by atoms with van der Waals surface area (Å²) in [4.78, 5) is 25.9. The van der Waals surface area contributed by atoms with E-state index in [2.05, 4.69) is 14.4 Å². The number of benzene rings is 2. The van der Waals surface area contributed by atoms with Gasteiger partial charge < -0.3 is 24.0 Å². The average Bonchev–Trinajstić information content (AvgIpc) is 3.61.